The van der Waals surface area contributed by atoms with Crippen molar-refractivity contribution in [3.05, 3.63) is 35.4 Å². The third-order valence-corrected chi connectivity index (χ3v) is 4.01. The lowest BCUT2D eigenvalue weighted by atomic mass is 9.73. The van der Waals surface area contributed by atoms with E-state index in [1.54, 1.807) is 0 Å². The van der Waals surface area contributed by atoms with Crippen molar-refractivity contribution in [2.75, 3.05) is 0 Å². The number of hydrogen-bond acceptors (Lipinski definition) is 1. The van der Waals surface area contributed by atoms with E-state index in [0.717, 1.165) is 12.1 Å². The molecule has 0 spiro atoms. The van der Waals surface area contributed by atoms with Gasteiger partial charge >= 0.3 is 12.4 Å². The van der Waals surface area contributed by atoms with E-state index in [1.807, 2.05) is 0 Å². The van der Waals surface area contributed by atoms with Gasteiger partial charge in [-0.3, -0.25) is 0 Å². The Balaban J connectivity index is 2.28. The fourth-order valence-corrected chi connectivity index (χ4v) is 2.83. The fourth-order valence-electron chi connectivity index (χ4n) is 2.83. The Hall–Kier alpha value is -1.24. The minimum absolute atomic E-state index is 0.329. The molecule has 1 N–H and O–H groups in total. The van der Waals surface area contributed by atoms with E-state index < -0.39 is 29.4 Å². The zero-order valence-corrected chi connectivity index (χ0v) is 10.9. The average molecular weight is 312 g/mol. The lowest BCUT2D eigenvalue weighted by molar-refractivity contribution is -0.194. The molecule has 21 heavy (non-hydrogen) atoms. The Morgan fingerprint density at radius 3 is 1.95 bits per heavy atom. The number of rotatable bonds is 1. The maximum absolute atomic E-state index is 12.9. The van der Waals surface area contributed by atoms with Gasteiger partial charge in [-0.2, -0.15) is 26.3 Å². The molecular weight excluding hydrogens is 298 g/mol. The molecule has 0 aromatic heterocycles. The highest BCUT2D eigenvalue weighted by atomic mass is 19.4. The number of alkyl halides is 6. The monoisotopic (exact) mass is 312 g/mol. The van der Waals surface area contributed by atoms with E-state index in [2.05, 4.69) is 0 Å². The number of benzene rings is 1. The molecule has 1 nitrogen and oxygen atoms in total. The molecule has 0 unspecified atom stereocenters. The van der Waals surface area contributed by atoms with Crippen LogP contribution < -0.4 is 0 Å². The van der Waals surface area contributed by atoms with Crippen LogP contribution in [0.1, 0.15) is 36.8 Å². The summed E-state index contributed by atoms with van der Waals surface area (Å²) in [5.74, 6) is -1.56. The molecule has 0 aliphatic heterocycles. The molecule has 1 fully saturated rings. The van der Waals surface area contributed by atoms with Crippen molar-refractivity contribution in [3.8, 4) is 0 Å². The lowest BCUT2D eigenvalue weighted by Gasteiger charge is -2.38. The van der Waals surface area contributed by atoms with Crippen molar-refractivity contribution in [2.24, 2.45) is 5.92 Å². The van der Waals surface area contributed by atoms with Gasteiger partial charge < -0.3 is 5.11 Å². The predicted molar refractivity (Wildman–Crippen MR) is 63.4 cm³/mol. The molecule has 1 aromatic rings. The summed E-state index contributed by atoms with van der Waals surface area (Å²) < 4.78 is 76.7. The standard InChI is InChI=1S/C14H14F6O/c15-13(16,17)9-5-7-12(21,8-6-9)10-3-1-2-4-11(10)14(18,19)20/h1-4,9,21H,5-8H2. The van der Waals surface area contributed by atoms with E-state index in [-0.39, 0.29) is 31.2 Å². The summed E-state index contributed by atoms with van der Waals surface area (Å²) in [7, 11) is 0. The third-order valence-electron chi connectivity index (χ3n) is 4.01. The Morgan fingerprint density at radius 1 is 0.952 bits per heavy atom. The molecule has 1 aromatic carbocycles. The second-order valence-electron chi connectivity index (χ2n) is 5.39. The maximum Gasteiger partial charge on any atom is 0.416 e. The largest absolute Gasteiger partial charge is 0.416 e. The van der Waals surface area contributed by atoms with Crippen LogP contribution in [0, 0.1) is 5.92 Å². The van der Waals surface area contributed by atoms with Crippen LogP contribution in [0.15, 0.2) is 24.3 Å². The summed E-state index contributed by atoms with van der Waals surface area (Å²) in [5.41, 5.74) is -3.18. The number of hydrogen-bond donors (Lipinski definition) is 1. The van der Waals surface area contributed by atoms with Crippen molar-refractivity contribution in [1.82, 2.24) is 0 Å². The highest BCUT2D eigenvalue weighted by molar-refractivity contribution is 5.35. The summed E-state index contributed by atoms with van der Waals surface area (Å²) in [5, 5.41) is 10.4. The zero-order chi connectivity index (χ0) is 15.9. The van der Waals surface area contributed by atoms with Crippen molar-refractivity contribution in [1.29, 1.82) is 0 Å². The van der Waals surface area contributed by atoms with Gasteiger partial charge in [0.05, 0.1) is 17.1 Å². The van der Waals surface area contributed by atoms with Gasteiger partial charge in [0, 0.05) is 0 Å². The van der Waals surface area contributed by atoms with Gasteiger partial charge in [-0.05, 0) is 37.3 Å². The normalized spacial score (nSPS) is 27.7. The average Bonchev–Trinajstić information content (AvgIpc) is 2.37. The van der Waals surface area contributed by atoms with Gasteiger partial charge in [0.25, 0.3) is 0 Å². The maximum atomic E-state index is 12.9. The summed E-state index contributed by atoms with van der Waals surface area (Å²) in [6, 6.07) is 4.51. The van der Waals surface area contributed by atoms with Gasteiger partial charge in [-0.1, -0.05) is 18.2 Å². The molecule has 118 valence electrons. The van der Waals surface area contributed by atoms with Crippen molar-refractivity contribution in [3.63, 3.8) is 0 Å². The Kier molecular flexibility index (Phi) is 3.99. The molecule has 1 saturated carbocycles. The predicted octanol–water partition coefficient (Wildman–Crippen LogP) is 4.65. The molecule has 0 radical (unpaired) electrons. The second-order valence-corrected chi connectivity index (χ2v) is 5.39. The lowest BCUT2D eigenvalue weighted by Crippen LogP contribution is -2.37. The van der Waals surface area contributed by atoms with E-state index >= 15 is 0 Å². The molecular formula is C14H14F6O. The van der Waals surface area contributed by atoms with Crippen LogP contribution in [0.2, 0.25) is 0 Å². The Bertz CT molecular complexity index is 497. The molecule has 0 atom stereocenters. The van der Waals surface area contributed by atoms with Crippen LogP contribution in [-0.2, 0) is 11.8 Å². The van der Waals surface area contributed by atoms with E-state index in [1.165, 1.54) is 12.1 Å². The van der Waals surface area contributed by atoms with Gasteiger partial charge in [0.15, 0.2) is 0 Å². The summed E-state index contributed by atoms with van der Waals surface area (Å²) in [6.45, 7) is 0. The minimum Gasteiger partial charge on any atom is -0.385 e. The fraction of sp³-hybridized carbons (Fsp3) is 0.571. The minimum atomic E-state index is -4.65. The number of halogens is 6. The first-order chi connectivity index (χ1) is 9.54. The van der Waals surface area contributed by atoms with Gasteiger partial charge in [0.1, 0.15) is 0 Å². The molecule has 7 heteroatoms. The van der Waals surface area contributed by atoms with Crippen LogP contribution in [0.5, 0.6) is 0 Å². The van der Waals surface area contributed by atoms with Crippen molar-refractivity contribution >= 4 is 0 Å². The SMILES string of the molecule is OC1(c2ccccc2C(F)(F)F)CCC(C(F)(F)F)CC1. The Labute approximate surface area is 117 Å². The molecule has 0 saturated heterocycles. The topological polar surface area (TPSA) is 20.2 Å². The van der Waals surface area contributed by atoms with Crippen molar-refractivity contribution in [2.45, 2.75) is 43.6 Å². The summed E-state index contributed by atoms with van der Waals surface area (Å²) >= 11 is 0. The molecule has 0 bridgehead atoms. The first-order valence-electron chi connectivity index (χ1n) is 6.50. The molecule has 1 aliphatic rings. The van der Waals surface area contributed by atoms with Crippen LogP contribution in [0.3, 0.4) is 0 Å². The van der Waals surface area contributed by atoms with Crippen LogP contribution >= 0.6 is 0 Å². The Morgan fingerprint density at radius 2 is 1.48 bits per heavy atom. The number of aliphatic hydroxyl groups is 1. The van der Waals surface area contributed by atoms with Gasteiger partial charge in [-0.25, -0.2) is 0 Å². The summed E-state index contributed by atoms with van der Waals surface area (Å²) in [4.78, 5) is 0. The van der Waals surface area contributed by atoms with Gasteiger partial charge in [0.2, 0.25) is 0 Å². The molecule has 2 rings (SSSR count). The first kappa shape index (κ1) is 16.1. The molecule has 0 heterocycles. The van der Waals surface area contributed by atoms with Gasteiger partial charge in [-0.15, -0.1) is 0 Å². The van der Waals surface area contributed by atoms with Crippen LogP contribution in [-0.4, -0.2) is 11.3 Å². The van der Waals surface area contributed by atoms with E-state index in [4.69, 9.17) is 0 Å². The smallest absolute Gasteiger partial charge is 0.385 e. The van der Waals surface area contributed by atoms with E-state index in [0.29, 0.717) is 0 Å². The van der Waals surface area contributed by atoms with Crippen LogP contribution in [0.4, 0.5) is 26.3 Å². The first-order valence-corrected chi connectivity index (χ1v) is 6.50. The van der Waals surface area contributed by atoms with E-state index in [9.17, 15) is 31.4 Å². The van der Waals surface area contributed by atoms with Crippen molar-refractivity contribution < 1.29 is 31.4 Å². The summed E-state index contributed by atoms with van der Waals surface area (Å²) in [6.07, 6.45) is -10.4. The zero-order valence-electron chi connectivity index (χ0n) is 10.9. The highest BCUT2D eigenvalue weighted by Gasteiger charge is 2.48. The quantitative estimate of drug-likeness (QED) is 0.749. The second kappa shape index (κ2) is 5.19. The molecule has 1 aliphatic carbocycles. The third kappa shape index (κ3) is 3.33. The highest BCUT2D eigenvalue weighted by Crippen LogP contribution is 2.47. The molecule has 0 amide bonds. The van der Waals surface area contributed by atoms with Crippen LogP contribution in [0.25, 0.3) is 0 Å².